The van der Waals surface area contributed by atoms with E-state index in [9.17, 15) is 9.90 Å². The summed E-state index contributed by atoms with van der Waals surface area (Å²) in [5.41, 5.74) is 0.914. The molecular weight excluding hydrogens is 228 g/mol. The maximum Gasteiger partial charge on any atom is 0.312 e. The van der Waals surface area contributed by atoms with E-state index in [4.69, 9.17) is 0 Å². The first-order chi connectivity index (χ1) is 7.29. The minimum absolute atomic E-state index is 0.171. The van der Waals surface area contributed by atoms with Gasteiger partial charge in [-0.15, -0.1) is 23.5 Å². The van der Waals surface area contributed by atoms with Crippen molar-refractivity contribution in [1.82, 2.24) is 0 Å². The second-order valence-electron chi connectivity index (χ2n) is 3.34. The number of benzene rings is 1. The summed E-state index contributed by atoms with van der Waals surface area (Å²) in [7, 11) is 0. The van der Waals surface area contributed by atoms with Crippen molar-refractivity contribution in [2.24, 2.45) is 0 Å². The SMILES string of the molecule is O=C(O)C(c1ccccc1)C1SCCS1. The Morgan fingerprint density at radius 1 is 1.27 bits per heavy atom. The Kier molecular flexibility index (Phi) is 3.59. The van der Waals surface area contributed by atoms with Gasteiger partial charge in [-0.1, -0.05) is 30.3 Å². The van der Waals surface area contributed by atoms with Crippen molar-refractivity contribution in [3.8, 4) is 0 Å². The summed E-state index contributed by atoms with van der Waals surface area (Å²) in [5, 5.41) is 9.26. The van der Waals surface area contributed by atoms with E-state index < -0.39 is 5.97 Å². The molecule has 80 valence electrons. The van der Waals surface area contributed by atoms with Crippen LogP contribution in [0.4, 0.5) is 0 Å². The minimum atomic E-state index is -0.715. The molecule has 1 saturated heterocycles. The molecule has 2 rings (SSSR count). The number of hydrogen-bond acceptors (Lipinski definition) is 3. The summed E-state index contributed by atoms with van der Waals surface area (Å²) in [6.07, 6.45) is 0. The Labute approximate surface area is 97.5 Å². The highest BCUT2D eigenvalue weighted by Gasteiger charge is 2.32. The van der Waals surface area contributed by atoms with Gasteiger partial charge in [0.2, 0.25) is 0 Å². The molecule has 0 aromatic heterocycles. The Morgan fingerprint density at radius 3 is 2.40 bits per heavy atom. The van der Waals surface area contributed by atoms with Gasteiger partial charge < -0.3 is 5.11 Å². The summed E-state index contributed by atoms with van der Waals surface area (Å²) in [4.78, 5) is 11.3. The van der Waals surface area contributed by atoms with E-state index in [0.29, 0.717) is 0 Å². The first-order valence-corrected chi connectivity index (χ1v) is 6.90. The molecule has 4 heteroatoms. The Morgan fingerprint density at radius 2 is 1.87 bits per heavy atom. The molecule has 0 amide bonds. The normalized spacial score (nSPS) is 18.9. The molecule has 1 heterocycles. The van der Waals surface area contributed by atoms with Crippen LogP contribution in [0.1, 0.15) is 11.5 Å². The molecule has 1 unspecified atom stereocenters. The van der Waals surface area contributed by atoms with E-state index in [1.54, 1.807) is 23.5 Å². The molecule has 2 nitrogen and oxygen atoms in total. The maximum absolute atomic E-state index is 11.3. The quantitative estimate of drug-likeness (QED) is 0.881. The van der Waals surface area contributed by atoms with E-state index >= 15 is 0 Å². The number of thioether (sulfide) groups is 2. The summed E-state index contributed by atoms with van der Waals surface area (Å²) >= 11 is 3.51. The molecule has 1 aliphatic heterocycles. The van der Waals surface area contributed by atoms with Crippen molar-refractivity contribution >= 4 is 29.5 Å². The molecule has 1 aromatic rings. The highest BCUT2D eigenvalue weighted by molar-refractivity contribution is 8.20. The number of rotatable bonds is 3. The van der Waals surface area contributed by atoms with Gasteiger partial charge in [-0.2, -0.15) is 0 Å². The van der Waals surface area contributed by atoms with Crippen LogP contribution in [0.5, 0.6) is 0 Å². The lowest BCUT2D eigenvalue weighted by molar-refractivity contribution is -0.138. The second-order valence-corrected chi connectivity index (χ2v) is 6.13. The summed E-state index contributed by atoms with van der Waals surface area (Å²) < 4.78 is 0.171. The van der Waals surface area contributed by atoms with Crippen LogP contribution in [0.3, 0.4) is 0 Å². The van der Waals surface area contributed by atoms with Crippen LogP contribution in [0.25, 0.3) is 0 Å². The monoisotopic (exact) mass is 240 g/mol. The molecule has 0 spiro atoms. The first-order valence-electron chi connectivity index (χ1n) is 4.80. The highest BCUT2D eigenvalue weighted by atomic mass is 32.2. The predicted octanol–water partition coefficient (Wildman–Crippen LogP) is 2.66. The molecule has 0 bridgehead atoms. The van der Waals surface area contributed by atoms with Crippen LogP contribution in [-0.4, -0.2) is 27.2 Å². The molecule has 1 aromatic carbocycles. The molecule has 1 aliphatic rings. The van der Waals surface area contributed by atoms with Gasteiger partial charge in [0.05, 0.1) is 4.58 Å². The zero-order valence-corrected chi connectivity index (χ0v) is 9.76. The first kappa shape index (κ1) is 10.9. The Bertz CT molecular complexity index is 334. The Balaban J connectivity index is 2.23. The molecule has 0 saturated carbocycles. The van der Waals surface area contributed by atoms with Gasteiger partial charge in [0.15, 0.2) is 0 Å². The van der Waals surface area contributed by atoms with E-state index in [1.807, 2.05) is 30.3 Å². The molecule has 1 atom stereocenters. The van der Waals surface area contributed by atoms with Gasteiger partial charge >= 0.3 is 5.97 Å². The molecule has 1 fully saturated rings. The summed E-state index contributed by atoms with van der Waals surface area (Å²) in [5.74, 6) is 1.04. The van der Waals surface area contributed by atoms with Gasteiger partial charge in [-0.3, -0.25) is 4.79 Å². The van der Waals surface area contributed by atoms with Gasteiger partial charge in [0, 0.05) is 11.5 Å². The fraction of sp³-hybridized carbons (Fsp3) is 0.364. The maximum atomic E-state index is 11.3. The molecular formula is C11H12O2S2. The van der Waals surface area contributed by atoms with Crippen LogP contribution < -0.4 is 0 Å². The number of hydrogen-bond donors (Lipinski definition) is 1. The zero-order valence-electron chi connectivity index (χ0n) is 8.13. The number of carbonyl (C=O) groups is 1. The van der Waals surface area contributed by atoms with Gasteiger partial charge in [-0.25, -0.2) is 0 Å². The predicted molar refractivity (Wildman–Crippen MR) is 65.5 cm³/mol. The van der Waals surface area contributed by atoms with Crippen molar-refractivity contribution in [3.63, 3.8) is 0 Å². The second kappa shape index (κ2) is 4.94. The van der Waals surface area contributed by atoms with Crippen molar-refractivity contribution in [3.05, 3.63) is 35.9 Å². The van der Waals surface area contributed by atoms with E-state index in [0.717, 1.165) is 17.1 Å². The fourth-order valence-corrected chi connectivity index (χ4v) is 4.77. The summed E-state index contributed by atoms with van der Waals surface area (Å²) in [6, 6.07) is 9.51. The standard InChI is InChI=1S/C11H12O2S2/c12-10(13)9(11-14-6-7-15-11)8-4-2-1-3-5-8/h1-5,9,11H,6-7H2,(H,12,13). The van der Waals surface area contributed by atoms with Gasteiger partial charge in [0.1, 0.15) is 5.92 Å². The van der Waals surface area contributed by atoms with E-state index in [1.165, 1.54) is 0 Å². The van der Waals surface area contributed by atoms with Crippen LogP contribution in [-0.2, 0) is 4.79 Å². The number of carboxylic acids is 1. The molecule has 0 aliphatic carbocycles. The van der Waals surface area contributed by atoms with Crippen LogP contribution in [0.2, 0.25) is 0 Å². The third kappa shape index (κ3) is 2.49. The highest BCUT2D eigenvalue weighted by Crippen LogP contribution is 2.41. The van der Waals surface area contributed by atoms with E-state index in [2.05, 4.69) is 0 Å². The fourth-order valence-electron chi connectivity index (χ4n) is 1.65. The average Bonchev–Trinajstić information content (AvgIpc) is 2.72. The van der Waals surface area contributed by atoms with Crippen LogP contribution in [0, 0.1) is 0 Å². The number of aliphatic carboxylic acids is 1. The number of carboxylic acid groups (broad SMARTS) is 1. The zero-order chi connectivity index (χ0) is 10.7. The lowest BCUT2D eigenvalue weighted by Gasteiger charge is -2.18. The third-order valence-corrected chi connectivity index (χ3v) is 5.50. The van der Waals surface area contributed by atoms with Crippen molar-refractivity contribution in [1.29, 1.82) is 0 Å². The Hall–Kier alpha value is -0.610. The smallest absolute Gasteiger partial charge is 0.312 e. The van der Waals surface area contributed by atoms with Crippen LogP contribution in [0.15, 0.2) is 30.3 Å². The van der Waals surface area contributed by atoms with Crippen molar-refractivity contribution in [2.45, 2.75) is 10.5 Å². The average molecular weight is 240 g/mol. The minimum Gasteiger partial charge on any atom is -0.481 e. The van der Waals surface area contributed by atoms with Gasteiger partial charge in [-0.05, 0) is 5.56 Å². The topological polar surface area (TPSA) is 37.3 Å². The third-order valence-electron chi connectivity index (χ3n) is 2.34. The molecule has 0 radical (unpaired) electrons. The lowest BCUT2D eigenvalue weighted by Crippen LogP contribution is -2.19. The summed E-state index contributed by atoms with van der Waals surface area (Å²) in [6.45, 7) is 0. The molecule has 15 heavy (non-hydrogen) atoms. The van der Waals surface area contributed by atoms with Crippen molar-refractivity contribution in [2.75, 3.05) is 11.5 Å². The van der Waals surface area contributed by atoms with Crippen molar-refractivity contribution < 1.29 is 9.90 Å². The van der Waals surface area contributed by atoms with Gasteiger partial charge in [0.25, 0.3) is 0 Å². The van der Waals surface area contributed by atoms with E-state index in [-0.39, 0.29) is 10.5 Å². The largest absolute Gasteiger partial charge is 0.481 e. The molecule has 1 N–H and O–H groups in total. The van der Waals surface area contributed by atoms with Crippen LogP contribution >= 0.6 is 23.5 Å². The lowest BCUT2D eigenvalue weighted by atomic mass is 10.0.